The fraction of sp³-hybridized carbons (Fsp3) is 0.467. The van der Waals surface area contributed by atoms with Crippen molar-refractivity contribution in [1.82, 2.24) is 10.2 Å². The molecule has 0 bridgehead atoms. The molecule has 4 nitrogen and oxygen atoms in total. The Hall–Kier alpha value is -1.55. The van der Waals surface area contributed by atoms with E-state index in [1.54, 1.807) is 4.90 Å². The molecule has 5 heteroatoms. The predicted octanol–water partition coefficient (Wildman–Crippen LogP) is 2.28. The molecule has 1 aromatic rings. The van der Waals surface area contributed by atoms with E-state index in [0.29, 0.717) is 31.0 Å². The molecular formula is C15H19ClN2O2. The van der Waals surface area contributed by atoms with Crippen LogP contribution >= 0.6 is 11.6 Å². The number of benzene rings is 1. The van der Waals surface area contributed by atoms with Gasteiger partial charge in [0.05, 0.1) is 0 Å². The van der Waals surface area contributed by atoms with Gasteiger partial charge >= 0.3 is 0 Å². The van der Waals surface area contributed by atoms with Crippen molar-refractivity contribution in [3.8, 4) is 0 Å². The predicted molar refractivity (Wildman–Crippen MR) is 78.4 cm³/mol. The van der Waals surface area contributed by atoms with Crippen molar-refractivity contribution in [1.29, 1.82) is 0 Å². The van der Waals surface area contributed by atoms with Gasteiger partial charge < -0.3 is 10.2 Å². The van der Waals surface area contributed by atoms with Gasteiger partial charge in [-0.05, 0) is 43.5 Å². The van der Waals surface area contributed by atoms with Gasteiger partial charge in [0.15, 0.2) is 0 Å². The number of halogens is 1. The summed E-state index contributed by atoms with van der Waals surface area (Å²) in [7, 11) is 0. The monoisotopic (exact) mass is 294 g/mol. The minimum atomic E-state index is -0.319. The van der Waals surface area contributed by atoms with Gasteiger partial charge in [-0.15, -0.1) is 0 Å². The van der Waals surface area contributed by atoms with Crippen LogP contribution in [0.5, 0.6) is 0 Å². The molecule has 0 saturated carbocycles. The first kappa shape index (κ1) is 14.9. The molecular weight excluding hydrogens is 276 g/mol. The lowest BCUT2D eigenvalue weighted by molar-refractivity contribution is -0.135. The first-order valence-electron chi connectivity index (χ1n) is 6.85. The average Bonchev–Trinajstić information content (AvgIpc) is 2.78. The summed E-state index contributed by atoms with van der Waals surface area (Å²) in [5, 5.41) is 3.60. The first-order chi connectivity index (χ1) is 9.52. The Labute approximate surface area is 124 Å². The number of aryl methyl sites for hydroxylation is 1. The second kappa shape index (κ2) is 6.27. The highest BCUT2D eigenvalue weighted by atomic mass is 35.5. The second-order valence-corrected chi connectivity index (χ2v) is 5.46. The van der Waals surface area contributed by atoms with Gasteiger partial charge in [-0.1, -0.05) is 17.7 Å². The number of carbonyl (C=O) groups excluding carboxylic acids is 2. The van der Waals surface area contributed by atoms with Gasteiger partial charge in [-0.3, -0.25) is 9.59 Å². The van der Waals surface area contributed by atoms with Crippen molar-refractivity contribution in [3.63, 3.8) is 0 Å². The number of rotatable bonds is 4. The Morgan fingerprint density at radius 3 is 2.90 bits per heavy atom. The highest BCUT2D eigenvalue weighted by molar-refractivity contribution is 6.30. The molecule has 0 aromatic heterocycles. The van der Waals surface area contributed by atoms with Crippen LogP contribution in [0.15, 0.2) is 18.2 Å². The van der Waals surface area contributed by atoms with Gasteiger partial charge in [-0.2, -0.15) is 0 Å². The van der Waals surface area contributed by atoms with Crippen molar-refractivity contribution < 1.29 is 9.59 Å². The summed E-state index contributed by atoms with van der Waals surface area (Å²) in [6.45, 7) is 4.90. The van der Waals surface area contributed by atoms with Crippen molar-refractivity contribution in [2.75, 3.05) is 6.54 Å². The summed E-state index contributed by atoms with van der Waals surface area (Å²) < 4.78 is 0. The molecule has 1 saturated heterocycles. The van der Waals surface area contributed by atoms with E-state index >= 15 is 0 Å². The van der Waals surface area contributed by atoms with Gasteiger partial charge in [0.25, 0.3) is 0 Å². The maximum atomic E-state index is 12.2. The van der Waals surface area contributed by atoms with Crippen LogP contribution in [0, 0.1) is 6.92 Å². The van der Waals surface area contributed by atoms with Gasteiger partial charge in [0, 0.05) is 24.5 Å². The molecule has 108 valence electrons. The Morgan fingerprint density at radius 1 is 1.50 bits per heavy atom. The molecule has 1 atom stereocenters. The maximum Gasteiger partial charge on any atom is 0.243 e. The van der Waals surface area contributed by atoms with Crippen LogP contribution < -0.4 is 5.32 Å². The molecule has 2 amide bonds. The van der Waals surface area contributed by atoms with E-state index in [0.717, 1.165) is 11.1 Å². The molecule has 0 radical (unpaired) electrons. The van der Waals surface area contributed by atoms with Crippen LogP contribution in [0.25, 0.3) is 0 Å². The van der Waals surface area contributed by atoms with Crippen LogP contribution in [0.1, 0.15) is 30.9 Å². The van der Waals surface area contributed by atoms with Crippen molar-refractivity contribution in [3.05, 3.63) is 34.3 Å². The standard InChI is InChI=1S/C15H19ClN2O2/c1-3-18-13(6-7-14(18)19)15(20)17-9-11-4-5-12(16)8-10(11)2/h4-5,8,13H,3,6-7,9H2,1-2H3,(H,17,20)/t13-/m0/s1. The van der Waals surface area contributed by atoms with Crippen LogP contribution in [-0.4, -0.2) is 29.3 Å². The summed E-state index contributed by atoms with van der Waals surface area (Å²) >= 11 is 5.91. The summed E-state index contributed by atoms with van der Waals surface area (Å²) in [5.74, 6) is -0.0117. The van der Waals surface area contributed by atoms with Crippen LogP contribution in [-0.2, 0) is 16.1 Å². The Morgan fingerprint density at radius 2 is 2.25 bits per heavy atom. The highest BCUT2D eigenvalue weighted by Gasteiger charge is 2.34. The van der Waals surface area contributed by atoms with E-state index in [9.17, 15) is 9.59 Å². The molecule has 1 aromatic carbocycles. The zero-order chi connectivity index (χ0) is 14.7. The number of likely N-dealkylation sites (tertiary alicyclic amines) is 1. The van der Waals surface area contributed by atoms with E-state index < -0.39 is 0 Å². The van der Waals surface area contributed by atoms with E-state index in [4.69, 9.17) is 11.6 Å². The van der Waals surface area contributed by atoms with Crippen LogP contribution in [0.2, 0.25) is 5.02 Å². The minimum Gasteiger partial charge on any atom is -0.350 e. The summed E-state index contributed by atoms with van der Waals surface area (Å²) in [5.41, 5.74) is 2.09. The molecule has 0 aliphatic carbocycles. The number of carbonyl (C=O) groups is 2. The van der Waals surface area contributed by atoms with Crippen LogP contribution in [0.3, 0.4) is 0 Å². The number of nitrogens with one attached hydrogen (secondary N) is 1. The fourth-order valence-electron chi connectivity index (χ4n) is 2.56. The Balaban J connectivity index is 1.97. The van der Waals surface area contributed by atoms with Gasteiger partial charge in [-0.25, -0.2) is 0 Å². The molecule has 1 N–H and O–H groups in total. The molecule has 1 aliphatic heterocycles. The smallest absolute Gasteiger partial charge is 0.243 e. The first-order valence-corrected chi connectivity index (χ1v) is 7.23. The molecule has 1 heterocycles. The third-order valence-electron chi connectivity index (χ3n) is 3.73. The molecule has 0 spiro atoms. The number of hydrogen-bond donors (Lipinski definition) is 1. The van der Waals surface area contributed by atoms with Crippen LogP contribution in [0.4, 0.5) is 0 Å². The molecule has 20 heavy (non-hydrogen) atoms. The lowest BCUT2D eigenvalue weighted by Crippen LogP contribution is -2.44. The fourth-order valence-corrected chi connectivity index (χ4v) is 2.79. The highest BCUT2D eigenvalue weighted by Crippen LogP contribution is 2.19. The van der Waals surface area contributed by atoms with Crippen molar-refractivity contribution in [2.24, 2.45) is 0 Å². The zero-order valence-electron chi connectivity index (χ0n) is 11.8. The largest absolute Gasteiger partial charge is 0.350 e. The van der Waals surface area contributed by atoms with Gasteiger partial charge in [0.2, 0.25) is 11.8 Å². The normalized spacial score (nSPS) is 18.4. The Bertz CT molecular complexity index is 531. The number of amides is 2. The maximum absolute atomic E-state index is 12.2. The third kappa shape index (κ3) is 3.12. The van der Waals surface area contributed by atoms with Gasteiger partial charge in [0.1, 0.15) is 6.04 Å². The summed E-state index contributed by atoms with van der Waals surface area (Å²) in [6, 6.07) is 5.28. The van der Waals surface area contributed by atoms with E-state index in [-0.39, 0.29) is 17.9 Å². The number of nitrogens with zero attached hydrogens (tertiary/aromatic N) is 1. The Kier molecular flexibility index (Phi) is 4.65. The SMILES string of the molecule is CCN1C(=O)CC[C@H]1C(=O)NCc1ccc(Cl)cc1C. The van der Waals surface area contributed by atoms with Crippen molar-refractivity contribution in [2.45, 2.75) is 39.3 Å². The molecule has 1 fully saturated rings. The number of hydrogen-bond acceptors (Lipinski definition) is 2. The van der Waals surface area contributed by atoms with E-state index in [1.165, 1.54) is 0 Å². The second-order valence-electron chi connectivity index (χ2n) is 5.02. The average molecular weight is 295 g/mol. The quantitative estimate of drug-likeness (QED) is 0.926. The van der Waals surface area contributed by atoms with E-state index in [2.05, 4.69) is 5.32 Å². The molecule has 0 unspecified atom stereocenters. The summed E-state index contributed by atoms with van der Waals surface area (Å²) in [6.07, 6.45) is 1.07. The lowest BCUT2D eigenvalue weighted by Gasteiger charge is -2.22. The van der Waals surface area contributed by atoms with Crippen molar-refractivity contribution >= 4 is 23.4 Å². The molecule has 1 aliphatic rings. The van der Waals surface area contributed by atoms with E-state index in [1.807, 2.05) is 32.0 Å². The summed E-state index contributed by atoms with van der Waals surface area (Å²) in [4.78, 5) is 25.4. The topological polar surface area (TPSA) is 49.4 Å². The third-order valence-corrected chi connectivity index (χ3v) is 3.96. The minimum absolute atomic E-state index is 0.0651. The zero-order valence-corrected chi connectivity index (χ0v) is 12.5. The molecule has 2 rings (SSSR count). The lowest BCUT2D eigenvalue weighted by atomic mass is 10.1. The number of likely N-dealkylation sites (N-methyl/N-ethyl adjacent to an activating group) is 1.